The normalized spacial score (nSPS) is 12.2. The van der Waals surface area contributed by atoms with Gasteiger partial charge in [-0.15, -0.1) is 0 Å². The lowest BCUT2D eigenvalue weighted by atomic mass is 10.1. The van der Waals surface area contributed by atoms with Crippen molar-refractivity contribution in [1.29, 1.82) is 0 Å². The number of rotatable bonds is 8. The molecule has 0 aromatic heterocycles. The molecule has 0 spiro atoms. The van der Waals surface area contributed by atoms with Gasteiger partial charge in [0.2, 0.25) is 15.9 Å². The summed E-state index contributed by atoms with van der Waals surface area (Å²) in [5.74, 6) is -0.120. The van der Waals surface area contributed by atoms with E-state index in [0.717, 1.165) is 0 Å². The van der Waals surface area contributed by atoms with E-state index in [1.165, 1.54) is 24.3 Å². The summed E-state index contributed by atoms with van der Waals surface area (Å²) >= 11 is 7.38. The Labute approximate surface area is 173 Å². The van der Waals surface area contributed by atoms with E-state index >= 15 is 0 Å². The Kier molecular flexibility index (Phi) is 7.88. The molecule has 150 valence electrons. The number of sulfonamides is 1. The van der Waals surface area contributed by atoms with Gasteiger partial charge in [-0.3, -0.25) is 9.59 Å². The van der Waals surface area contributed by atoms with Crippen LogP contribution in [0.4, 0.5) is 5.69 Å². The summed E-state index contributed by atoms with van der Waals surface area (Å²) in [6, 6.07) is 11.1. The summed E-state index contributed by atoms with van der Waals surface area (Å²) in [6.07, 6.45) is 2.34. The van der Waals surface area contributed by atoms with Gasteiger partial charge in [-0.25, -0.2) is 13.6 Å². The van der Waals surface area contributed by atoms with Crippen molar-refractivity contribution in [3.8, 4) is 0 Å². The summed E-state index contributed by atoms with van der Waals surface area (Å²) < 4.78 is 22.6. The highest BCUT2D eigenvalue weighted by molar-refractivity contribution is 7.98. The molecule has 0 heterocycles. The first-order chi connectivity index (χ1) is 13.2. The van der Waals surface area contributed by atoms with Crippen LogP contribution in [0.2, 0.25) is 5.02 Å². The first kappa shape index (κ1) is 22.2. The van der Waals surface area contributed by atoms with E-state index < -0.39 is 22.0 Å². The number of nitrogens with one attached hydrogen (secondary N) is 2. The molecule has 0 aliphatic rings. The predicted octanol–water partition coefficient (Wildman–Crippen LogP) is 2.48. The molecule has 0 saturated heterocycles. The van der Waals surface area contributed by atoms with Crippen LogP contribution in [0.25, 0.3) is 0 Å². The molecule has 1 atom stereocenters. The van der Waals surface area contributed by atoms with Crippen LogP contribution in [0, 0.1) is 0 Å². The third-order valence-electron chi connectivity index (χ3n) is 3.79. The average Bonchev–Trinajstić information content (AvgIpc) is 2.65. The summed E-state index contributed by atoms with van der Waals surface area (Å²) in [5.41, 5.74) is 0.788. The quantitative estimate of drug-likeness (QED) is 0.581. The van der Waals surface area contributed by atoms with Crippen molar-refractivity contribution >= 4 is 50.9 Å². The van der Waals surface area contributed by atoms with Gasteiger partial charge < -0.3 is 10.6 Å². The molecule has 2 aromatic carbocycles. The molecule has 10 heteroatoms. The highest BCUT2D eigenvalue weighted by atomic mass is 35.5. The molecule has 0 unspecified atom stereocenters. The van der Waals surface area contributed by atoms with Gasteiger partial charge in [0.1, 0.15) is 6.04 Å². The van der Waals surface area contributed by atoms with Crippen LogP contribution in [-0.4, -0.2) is 38.3 Å². The molecule has 4 N–H and O–H groups in total. The highest BCUT2D eigenvalue weighted by Crippen LogP contribution is 2.14. The van der Waals surface area contributed by atoms with Crippen LogP contribution >= 0.6 is 23.4 Å². The minimum Gasteiger partial charge on any atom is -0.340 e. The monoisotopic (exact) mass is 441 g/mol. The van der Waals surface area contributed by atoms with E-state index in [0.29, 0.717) is 28.4 Å². The number of halogens is 1. The molecule has 0 fully saturated rings. The summed E-state index contributed by atoms with van der Waals surface area (Å²) in [4.78, 5) is 25.0. The first-order valence-electron chi connectivity index (χ1n) is 8.20. The van der Waals surface area contributed by atoms with Crippen molar-refractivity contribution in [3.05, 3.63) is 59.1 Å². The minimum atomic E-state index is -3.81. The minimum absolute atomic E-state index is 0.0551. The van der Waals surface area contributed by atoms with Gasteiger partial charge in [0.05, 0.1) is 4.90 Å². The molecule has 7 nitrogen and oxygen atoms in total. The number of amides is 2. The number of primary sulfonamides is 1. The molecule has 0 bridgehead atoms. The fourth-order valence-corrected chi connectivity index (χ4v) is 3.42. The van der Waals surface area contributed by atoms with Crippen LogP contribution in [0.15, 0.2) is 53.4 Å². The fourth-order valence-electron chi connectivity index (χ4n) is 2.30. The lowest BCUT2D eigenvalue weighted by molar-refractivity contribution is -0.118. The van der Waals surface area contributed by atoms with Gasteiger partial charge in [0.15, 0.2) is 0 Å². The molecule has 2 rings (SSSR count). The van der Waals surface area contributed by atoms with Crippen molar-refractivity contribution in [1.82, 2.24) is 5.32 Å². The molecule has 0 radical (unpaired) electrons. The molecule has 0 saturated carbocycles. The number of carbonyl (C=O) groups is 2. The zero-order chi connectivity index (χ0) is 20.7. The third kappa shape index (κ3) is 6.52. The molecular formula is C18H20ClN3O4S2. The zero-order valence-corrected chi connectivity index (χ0v) is 17.4. The summed E-state index contributed by atoms with van der Waals surface area (Å²) in [7, 11) is -3.81. The van der Waals surface area contributed by atoms with Gasteiger partial charge >= 0.3 is 0 Å². The highest BCUT2D eigenvalue weighted by Gasteiger charge is 2.21. The van der Waals surface area contributed by atoms with Crippen molar-refractivity contribution in [3.63, 3.8) is 0 Å². The SMILES string of the molecule is CSCC[C@H](NC(=O)c1ccc(Cl)cc1)C(=O)Nc1ccc(S(N)(=O)=O)cc1. The molecule has 0 aliphatic carbocycles. The second kappa shape index (κ2) is 9.92. The third-order valence-corrected chi connectivity index (χ3v) is 5.61. The van der Waals surface area contributed by atoms with E-state index in [-0.39, 0.29) is 10.8 Å². The van der Waals surface area contributed by atoms with Gasteiger partial charge in [-0.2, -0.15) is 11.8 Å². The van der Waals surface area contributed by atoms with Crippen LogP contribution in [-0.2, 0) is 14.8 Å². The lowest BCUT2D eigenvalue weighted by Crippen LogP contribution is -2.44. The first-order valence-corrected chi connectivity index (χ1v) is 11.5. The number of nitrogens with two attached hydrogens (primary N) is 1. The van der Waals surface area contributed by atoms with Crippen LogP contribution in [0.3, 0.4) is 0 Å². The van der Waals surface area contributed by atoms with E-state index in [1.54, 1.807) is 36.0 Å². The number of carbonyl (C=O) groups excluding carboxylic acids is 2. The Morgan fingerprint density at radius 3 is 2.25 bits per heavy atom. The standard InChI is InChI=1S/C18H20ClN3O4S2/c1-27-11-10-16(22-17(23)12-2-4-13(19)5-3-12)18(24)21-14-6-8-15(9-7-14)28(20,25)26/h2-9,16H,10-11H2,1H3,(H,21,24)(H,22,23)(H2,20,25,26)/t16-/m0/s1. The molecule has 2 amide bonds. The van der Waals surface area contributed by atoms with Crippen LogP contribution in [0.5, 0.6) is 0 Å². The van der Waals surface area contributed by atoms with E-state index in [1.807, 2.05) is 6.26 Å². The maximum atomic E-state index is 12.6. The van der Waals surface area contributed by atoms with Crippen LogP contribution < -0.4 is 15.8 Å². The Bertz CT molecular complexity index is 932. The van der Waals surface area contributed by atoms with E-state index in [9.17, 15) is 18.0 Å². The van der Waals surface area contributed by atoms with Gasteiger partial charge in [-0.1, -0.05) is 11.6 Å². The van der Waals surface area contributed by atoms with Crippen molar-refractivity contribution in [2.75, 3.05) is 17.3 Å². The van der Waals surface area contributed by atoms with Gasteiger partial charge in [-0.05, 0) is 67.0 Å². The number of hydrogen-bond acceptors (Lipinski definition) is 5. The Balaban J connectivity index is 2.09. The lowest BCUT2D eigenvalue weighted by Gasteiger charge is -2.18. The second-order valence-electron chi connectivity index (χ2n) is 5.87. The number of thioether (sulfide) groups is 1. The Morgan fingerprint density at radius 2 is 1.71 bits per heavy atom. The fraction of sp³-hybridized carbons (Fsp3) is 0.222. The van der Waals surface area contributed by atoms with Crippen molar-refractivity contribution in [2.45, 2.75) is 17.4 Å². The average molecular weight is 442 g/mol. The molecule has 0 aliphatic heterocycles. The van der Waals surface area contributed by atoms with Crippen LogP contribution in [0.1, 0.15) is 16.8 Å². The van der Waals surface area contributed by atoms with Crippen molar-refractivity contribution < 1.29 is 18.0 Å². The van der Waals surface area contributed by atoms with Gasteiger partial charge in [0.25, 0.3) is 5.91 Å². The molecule has 2 aromatic rings. The molecule has 28 heavy (non-hydrogen) atoms. The van der Waals surface area contributed by atoms with Gasteiger partial charge in [0, 0.05) is 16.3 Å². The zero-order valence-electron chi connectivity index (χ0n) is 15.0. The maximum absolute atomic E-state index is 12.6. The smallest absolute Gasteiger partial charge is 0.251 e. The summed E-state index contributed by atoms with van der Waals surface area (Å²) in [5, 5.41) is 11.0. The topological polar surface area (TPSA) is 118 Å². The predicted molar refractivity (Wildman–Crippen MR) is 112 cm³/mol. The van der Waals surface area contributed by atoms with E-state index in [2.05, 4.69) is 10.6 Å². The maximum Gasteiger partial charge on any atom is 0.251 e. The Hall–Kier alpha value is -2.07. The largest absolute Gasteiger partial charge is 0.340 e. The van der Waals surface area contributed by atoms with E-state index in [4.69, 9.17) is 16.7 Å². The number of anilines is 1. The Morgan fingerprint density at radius 1 is 1.11 bits per heavy atom. The second-order valence-corrected chi connectivity index (χ2v) is 8.86. The van der Waals surface area contributed by atoms with Crippen molar-refractivity contribution in [2.24, 2.45) is 5.14 Å². The number of hydrogen-bond donors (Lipinski definition) is 3. The number of benzene rings is 2. The molecular weight excluding hydrogens is 422 g/mol. The summed E-state index contributed by atoms with van der Waals surface area (Å²) in [6.45, 7) is 0.